The van der Waals surface area contributed by atoms with Crippen LogP contribution in [0, 0.1) is 0 Å². The first-order chi connectivity index (χ1) is 6.65. The molecule has 0 aromatic carbocycles. The summed E-state index contributed by atoms with van der Waals surface area (Å²) in [6, 6.07) is 0. The lowest BCUT2D eigenvalue weighted by Crippen LogP contribution is -2.24. The predicted molar refractivity (Wildman–Crippen MR) is 65.3 cm³/mol. The average Bonchev–Trinajstić information content (AvgIpc) is 2.22. The summed E-state index contributed by atoms with van der Waals surface area (Å²) in [6.45, 7) is 15.1. The van der Waals surface area contributed by atoms with Crippen LogP contribution in [0.15, 0.2) is 23.9 Å². The predicted octanol–water partition coefficient (Wildman–Crippen LogP) is 3.98. The van der Waals surface area contributed by atoms with Crippen LogP contribution in [-0.4, -0.2) is 18.0 Å². The molecule has 0 saturated heterocycles. The van der Waals surface area contributed by atoms with Crippen molar-refractivity contribution in [3.63, 3.8) is 0 Å². The Hall–Kier alpha value is -0.720. The van der Waals surface area contributed by atoms with Crippen LogP contribution in [0.5, 0.6) is 0 Å². The molecule has 14 heavy (non-hydrogen) atoms. The largest absolute Gasteiger partial charge is 0.375 e. The molecule has 0 atom stereocenters. The Morgan fingerprint density at radius 3 is 2.36 bits per heavy atom. The molecule has 0 aromatic heterocycles. The summed E-state index contributed by atoms with van der Waals surface area (Å²) in [5, 5.41) is 0. The fourth-order valence-corrected chi connectivity index (χ4v) is 1.38. The second-order valence-electron chi connectivity index (χ2n) is 3.79. The van der Waals surface area contributed by atoms with Gasteiger partial charge >= 0.3 is 0 Å². The quantitative estimate of drug-likeness (QED) is 0.555. The third-order valence-electron chi connectivity index (χ3n) is 2.62. The molecule has 0 rings (SSSR count). The molecule has 0 fully saturated rings. The molecule has 0 bridgehead atoms. The van der Waals surface area contributed by atoms with E-state index in [4.69, 9.17) is 0 Å². The molecule has 1 heteroatoms. The van der Waals surface area contributed by atoms with Gasteiger partial charge in [0.2, 0.25) is 0 Å². The second-order valence-corrected chi connectivity index (χ2v) is 3.79. The van der Waals surface area contributed by atoms with Crippen LogP contribution in [-0.2, 0) is 0 Å². The van der Waals surface area contributed by atoms with Crippen molar-refractivity contribution in [3.8, 4) is 0 Å². The minimum atomic E-state index is 1.06. The van der Waals surface area contributed by atoms with Crippen LogP contribution in [0.1, 0.15) is 47.0 Å². The van der Waals surface area contributed by atoms with Gasteiger partial charge in [-0.3, -0.25) is 0 Å². The van der Waals surface area contributed by atoms with Crippen molar-refractivity contribution in [2.45, 2.75) is 47.0 Å². The number of nitrogens with zero attached hydrogens (tertiary/aromatic N) is 1. The molecule has 0 N–H and O–H groups in total. The first-order valence-corrected chi connectivity index (χ1v) is 5.70. The van der Waals surface area contributed by atoms with Gasteiger partial charge in [-0.1, -0.05) is 32.1 Å². The van der Waals surface area contributed by atoms with Crippen LogP contribution in [0.2, 0.25) is 0 Å². The fraction of sp³-hybridized carbons (Fsp3) is 0.692. The Morgan fingerprint density at radius 2 is 1.93 bits per heavy atom. The molecule has 0 unspecified atom stereocenters. The van der Waals surface area contributed by atoms with Gasteiger partial charge in [-0.15, -0.1) is 0 Å². The molecule has 0 spiro atoms. The lowest BCUT2D eigenvalue weighted by Gasteiger charge is -2.25. The summed E-state index contributed by atoms with van der Waals surface area (Å²) in [5.74, 6) is 0. The van der Waals surface area contributed by atoms with Crippen molar-refractivity contribution >= 4 is 0 Å². The molecule has 1 nitrogen and oxygen atoms in total. The Kier molecular flexibility index (Phi) is 7.27. The smallest absolute Gasteiger partial charge is 0.0211 e. The van der Waals surface area contributed by atoms with Gasteiger partial charge in [0.1, 0.15) is 0 Å². The molecule has 0 aliphatic rings. The van der Waals surface area contributed by atoms with Crippen molar-refractivity contribution in [1.82, 2.24) is 4.90 Å². The maximum absolute atomic E-state index is 4.10. The molecule has 0 aliphatic heterocycles. The maximum Gasteiger partial charge on any atom is 0.0211 e. The standard InChI is InChI=1S/C13H25N/c1-6-10-14(13(5)8-3)11-9-12(4)7-2/h7H,5-6,8-11H2,1-4H3/b12-7+. The Labute approximate surface area is 89.5 Å². The molecular weight excluding hydrogens is 170 g/mol. The van der Waals surface area contributed by atoms with E-state index < -0.39 is 0 Å². The summed E-state index contributed by atoms with van der Waals surface area (Å²) in [6.07, 6.45) is 5.62. The van der Waals surface area contributed by atoms with Crippen molar-refractivity contribution in [2.24, 2.45) is 0 Å². The van der Waals surface area contributed by atoms with Gasteiger partial charge in [0, 0.05) is 18.8 Å². The van der Waals surface area contributed by atoms with Gasteiger partial charge in [-0.05, 0) is 33.1 Å². The zero-order chi connectivity index (χ0) is 11.0. The molecule has 0 aromatic rings. The van der Waals surface area contributed by atoms with Crippen molar-refractivity contribution < 1.29 is 0 Å². The minimum absolute atomic E-state index is 1.06. The number of rotatable bonds is 7. The summed E-state index contributed by atoms with van der Waals surface area (Å²) in [4.78, 5) is 2.41. The summed E-state index contributed by atoms with van der Waals surface area (Å²) >= 11 is 0. The van der Waals surface area contributed by atoms with E-state index >= 15 is 0 Å². The third kappa shape index (κ3) is 5.11. The monoisotopic (exact) mass is 195 g/mol. The SMILES string of the molecule is C=C(CC)N(CCC)CC/C(C)=C/C. The summed E-state index contributed by atoms with van der Waals surface area (Å²) < 4.78 is 0. The van der Waals surface area contributed by atoms with Crippen LogP contribution in [0.25, 0.3) is 0 Å². The molecule has 82 valence electrons. The van der Waals surface area contributed by atoms with Gasteiger partial charge in [-0.25, -0.2) is 0 Å². The summed E-state index contributed by atoms with van der Waals surface area (Å²) in [7, 11) is 0. The Bertz CT molecular complexity index is 191. The highest BCUT2D eigenvalue weighted by Crippen LogP contribution is 2.10. The van der Waals surface area contributed by atoms with Crippen LogP contribution < -0.4 is 0 Å². The topological polar surface area (TPSA) is 3.24 Å². The van der Waals surface area contributed by atoms with E-state index in [1.807, 2.05) is 0 Å². The van der Waals surface area contributed by atoms with Crippen LogP contribution in [0.4, 0.5) is 0 Å². The summed E-state index contributed by atoms with van der Waals surface area (Å²) in [5.41, 5.74) is 2.74. The molecule has 0 heterocycles. The van der Waals surface area contributed by atoms with E-state index in [0.29, 0.717) is 0 Å². The van der Waals surface area contributed by atoms with Gasteiger partial charge in [-0.2, -0.15) is 0 Å². The van der Waals surface area contributed by atoms with Gasteiger partial charge in [0.05, 0.1) is 0 Å². The fourth-order valence-electron chi connectivity index (χ4n) is 1.38. The minimum Gasteiger partial charge on any atom is -0.375 e. The molecule has 0 saturated carbocycles. The van der Waals surface area contributed by atoms with Gasteiger partial charge < -0.3 is 4.90 Å². The molecule has 0 aliphatic carbocycles. The highest BCUT2D eigenvalue weighted by atomic mass is 15.1. The maximum atomic E-state index is 4.10. The van der Waals surface area contributed by atoms with E-state index in [-0.39, 0.29) is 0 Å². The van der Waals surface area contributed by atoms with Crippen molar-refractivity contribution in [3.05, 3.63) is 23.9 Å². The zero-order valence-corrected chi connectivity index (χ0v) is 10.3. The van der Waals surface area contributed by atoms with Gasteiger partial charge in [0.15, 0.2) is 0 Å². The highest BCUT2D eigenvalue weighted by molar-refractivity contribution is 4.99. The van der Waals surface area contributed by atoms with E-state index in [9.17, 15) is 0 Å². The van der Waals surface area contributed by atoms with E-state index in [1.54, 1.807) is 0 Å². The number of allylic oxidation sites excluding steroid dienone is 2. The van der Waals surface area contributed by atoms with Crippen LogP contribution >= 0.6 is 0 Å². The molecule has 0 radical (unpaired) electrons. The van der Waals surface area contributed by atoms with E-state index in [2.05, 4.69) is 45.2 Å². The van der Waals surface area contributed by atoms with Gasteiger partial charge in [0.25, 0.3) is 0 Å². The van der Waals surface area contributed by atoms with Crippen molar-refractivity contribution in [1.29, 1.82) is 0 Å². The lowest BCUT2D eigenvalue weighted by atomic mass is 10.2. The molecule has 0 amide bonds. The Morgan fingerprint density at radius 1 is 1.29 bits per heavy atom. The lowest BCUT2D eigenvalue weighted by molar-refractivity contribution is 0.340. The normalized spacial score (nSPS) is 11.6. The van der Waals surface area contributed by atoms with Crippen LogP contribution in [0.3, 0.4) is 0 Å². The average molecular weight is 195 g/mol. The number of hydrogen-bond donors (Lipinski definition) is 0. The van der Waals surface area contributed by atoms with E-state index in [0.717, 1.165) is 25.9 Å². The molecular formula is C13H25N. The van der Waals surface area contributed by atoms with Crippen molar-refractivity contribution in [2.75, 3.05) is 13.1 Å². The third-order valence-corrected chi connectivity index (χ3v) is 2.62. The highest BCUT2D eigenvalue weighted by Gasteiger charge is 2.04. The van der Waals surface area contributed by atoms with E-state index in [1.165, 1.54) is 17.7 Å². The first kappa shape index (κ1) is 13.3. The number of hydrogen-bond acceptors (Lipinski definition) is 1. The zero-order valence-electron chi connectivity index (χ0n) is 10.3. The Balaban J connectivity index is 4.03. The second kappa shape index (κ2) is 7.66. The first-order valence-electron chi connectivity index (χ1n) is 5.70.